The van der Waals surface area contributed by atoms with Gasteiger partial charge in [-0.1, -0.05) is 23.8 Å². The number of hydrogen-bond donors (Lipinski definition) is 3. The predicted octanol–water partition coefficient (Wildman–Crippen LogP) is 1.89. The summed E-state index contributed by atoms with van der Waals surface area (Å²) in [6.07, 6.45) is 8.43. The van der Waals surface area contributed by atoms with E-state index >= 15 is 0 Å². The zero-order chi connectivity index (χ0) is 17.4. The third kappa shape index (κ3) is 5.98. The van der Waals surface area contributed by atoms with Gasteiger partial charge in [-0.15, -0.1) is 0 Å². The van der Waals surface area contributed by atoms with Crippen LogP contribution >= 0.6 is 0 Å². The molecule has 0 spiro atoms. The fraction of sp³-hybridized carbons (Fsp3) is 0.471. The van der Waals surface area contributed by atoms with Crippen LogP contribution in [0, 0.1) is 0 Å². The second-order valence-electron chi connectivity index (χ2n) is 5.90. The van der Waals surface area contributed by atoms with Crippen LogP contribution < -0.4 is 15.8 Å². The zero-order valence-corrected chi connectivity index (χ0v) is 14.9. The number of sulfonamides is 1. The number of primary sulfonamides is 1. The molecule has 0 amide bonds. The van der Waals surface area contributed by atoms with Crippen LogP contribution in [0.1, 0.15) is 37.7 Å². The molecule has 0 bridgehead atoms. The highest BCUT2D eigenvalue weighted by Crippen LogP contribution is 2.19. The summed E-state index contributed by atoms with van der Waals surface area (Å²) in [7, 11) is -1.90. The molecule has 24 heavy (non-hydrogen) atoms. The molecule has 0 aromatic heterocycles. The summed E-state index contributed by atoms with van der Waals surface area (Å²) in [4.78, 5) is 4.32. The van der Waals surface area contributed by atoms with Gasteiger partial charge in [0.15, 0.2) is 5.96 Å². The molecule has 1 aromatic carbocycles. The monoisotopic (exact) mass is 350 g/mol. The lowest BCUT2D eigenvalue weighted by Gasteiger charge is -2.15. The molecule has 0 unspecified atom stereocenters. The van der Waals surface area contributed by atoms with Crippen molar-refractivity contribution in [1.29, 1.82) is 0 Å². The van der Waals surface area contributed by atoms with Crippen molar-refractivity contribution >= 4 is 16.0 Å². The number of hydrogen-bond acceptors (Lipinski definition) is 3. The van der Waals surface area contributed by atoms with E-state index in [0.717, 1.165) is 24.5 Å². The van der Waals surface area contributed by atoms with Crippen molar-refractivity contribution < 1.29 is 8.42 Å². The topological polar surface area (TPSA) is 96.6 Å². The first-order valence-electron chi connectivity index (χ1n) is 8.23. The van der Waals surface area contributed by atoms with Crippen LogP contribution in [0.15, 0.2) is 45.8 Å². The van der Waals surface area contributed by atoms with Gasteiger partial charge in [-0.3, -0.25) is 4.99 Å². The largest absolute Gasteiger partial charge is 0.356 e. The molecule has 4 N–H and O–H groups in total. The van der Waals surface area contributed by atoms with Gasteiger partial charge in [0.05, 0.1) is 4.90 Å². The highest BCUT2D eigenvalue weighted by Gasteiger charge is 2.07. The summed E-state index contributed by atoms with van der Waals surface area (Å²) in [5, 5.41) is 11.6. The smallest absolute Gasteiger partial charge is 0.238 e. The van der Waals surface area contributed by atoms with Crippen molar-refractivity contribution in [3.63, 3.8) is 0 Å². The number of rotatable bonds is 6. The van der Waals surface area contributed by atoms with Crippen LogP contribution in [-0.4, -0.2) is 28.0 Å². The maximum Gasteiger partial charge on any atom is 0.238 e. The lowest BCUT2D eigenvalue weighted by atomic mass is 9.97. The molecule has 7 heteroatoms. The van der Waals surface area contributed by atoms with Gasteiger partial charge in [-0.2, -0.15) is 0 Å². The molecule has 0 radical (unpaired) electrons. The number of allylic oxidation sites excluding steroid dienone is 1. The third-order valence-corrected chi connectivity index (χ3v) is 4.99. The Hall–Kier alpha value is -1.86. The van der Waals surface area contributed by atoms with Gasteiger partial charge in [0.2, 0.25) is 10.0 Å². The Bertz CT molecular complexity index is 694. The maximum absolute atomic E-state index is 11.2. The van der Waals surface area contributed by atoms with Gasteiger partial charge in [-0.25, -0.2) is 13.6 Å². The quantitative estimate of drug-likeness (QED) is 0.415. The molecular weight excluding hydrogens is 324 g/mol. The predicted molar refractivity (Wildman–Crippen MR) is 97.2 cm³/mol. The van der Waals surface area contributed by atoms with E-state index in [1.807, 2.05) is 0 Å². The Morgan fingerprint density at radius 2 is 1.96 bits per heavy atom. The van der Waals surface area contributed by atoms with Crippen molar-refractivity contribution in [2.24, 2.45) is 10.1 Å². The molecule has 0 fully saturated rings. The van der Waals surface area contributed by atoms with Gasteiger partial charge in [0.1, 0.15) is 0 Å². The standard InChI is InChI=1S/C17H26N4O2S/c1-19-17(20-12-11-14-5-3-2-4-6-14)21-13-15-7-9-16(10-8-15)24(18,22)23/h5,7-10H,2-4,6,11-13H2,1H3,(H2,18,22,23)(H2,19,20,21). The van der Waals surface area contributed by atoms with Crippen LogP contribution in [0.25, 0.3) is 0 Å². The maximum atomic E-state index is 11.2. The molecule has 0 saturated carbocycles. The molecule has 0 saturated heterocycles. The second-order valence-corrected chi connectivity index (χ2v) is 7.46. The van der Waals surface area contributed by atoms with Crippen LogP contribution in [0.2, 0.25) is 0 Å². The number of aliphatic imine (C=N–C) groups is 1. The average Bonchev–Trinajstić information content (AvgIpc) is 2.58. The minimum Gasteiger partial charge on any atom is -0.356 e. The van der Waals surface area contributed by atoms with E-state index < -0.39 is 10.0 Å². The molecule has 1 aliphatic carbocycles. The van der Waals surface area contributed by atoms with Crippen molar-refractivity contribution in [2.45, 2.75) is 43.5 Å². The minimum absolute atomic E-state index is 0.120. The summed E-state index contributed by atoms with van der Waals surface area (Å²) in [5.74, 6) is 0.738. The van der Waals surface area contributed by atoms with E-state index in [0.29, 0.717) is 6.54 Å². The molecule has 2 rings (SSSR count). The van der Waals surface area contributed by atoms with Crippen LogP contribution in [-0.2, 0) is 16.6 Å². The van der Waals surface area contributed by atoms with Crippen LogP contribution in [0.3, 0.4) is 0 Å². The summed E-state index contributed by atoms with van der Waals surface area (Å²) in [6.45, 7) is 1.42. The van der Waals surface area contributed by atoms with E-state index in [1.54, 1.807) is 19.2 Å². The number of nitrogens with one attached hydrogen (secondary N) is 2. The van der Waals surface area contributed by atoms with E-state index in [1.165, 1.54) is 43.4 Å². The summed E-state index contributed by atoms with van der Waals surface area (Å²) >= 11 is 0. The average molecular weight is 350 g/mol. The minimum atomic E-state index is -3.64. The molecule has 1 aromatic rings. The highest BCUT2D eigenvalue weighted by molar-refractivity contribution is 7.89. The molecule has 0 atom stereocenters. The van der Waals surface area contributed by atoms with Gasteiger partial charge in [-0.05, 0) is 49.8 Å². The van der Waals surface area contributed by atoms with Crippen molar-refractivity contribution in [1.82, 2.24) is 10.6 Å². The van der Waals surface area contributed by atoms with Gasteiger partial charge < -0.3 is 10.6 Å². The number of guanidine groups is 1. The Morgan fingerprint density at radius 3 is 2.54 bits per heavy atom. The van der Waals surface area contributed by atoms with Crippen LogP contribution in [0.4, 0.5) is 0 Å². The van der Waals surface area contributed by atoms with E-state index in [2.05, 4.69) is 21.7 Å². The van der Waals surface area contributed by atoms with Crippen molar-refractivity contribution in [2.75, 3.05) is 13.6 Å². The van der Waals surface area contributed by atoms with Crippen LogP contribution in [0.5, 0.6) is 0 Å². The van der Waals surface area contributed by atoms with Crippen molar-refractivity contribution in [3.05, 3.63) is 41.5 Å². The summed E-state index contributed by atoms with van der Waals surface area (Å²) in [6, 6.07) is 6.51. The molecular formula is C17H26N4O2S. The van der Waals surface area contributed by atoms with E-state index in [-0.39, 0.29) is 4.90 Å². The fourth-order valence-electron chi connectivity index (χ4n) is 2.68. The first kappa shape index (κ1) is 18.5. The number of nitrogens with zero attached hydrogens (tertiary/aromatic N) is 1. The molecule has 6 nitrogen and oxygen atoms in total. The van der Waals surface area contributed by atoms with Crippen molar-refractivity contribution in [3.8, 4) is 0 Å². The zero-order valence-electron chi connectivity index (χ0n) is 14.1. The summed E-state index contributed by atoms with van der Waals surface area (Å²) in [5.41, 5.74) is 2.49. The molecule has 132 valence electrons. The summed E-state index contributed by atoms with van der Waals surface area (Å²) < 4.78 is 22.5. The first-order valence-corrected chi connectivity index (χ1v) is 9.78. The Kier molecular flexibility index (Phi) is 6.81. The Balaban J connectivity index is 1.77. The number of nitrogens with two attached hydrogens (primary N) is 1. The number of benzene rings is 1. The van der Waals surface area contributed by atoms with E-state index in [4.69, 9.17) is 5.14 Å². The molecule has 0 heterocycles. The SMILES string of the molecule is CN=C(NCCC1=CCCCC1)NCc1ccc(S(N)(=O)=O)cc1. The highest BCUT2D eigenvalue weighted by atomic mass is 32.2. The lowest BCUT2D eigenvalue weighted by Crippen LogP contribution is -2.37. The lowest BCUT2D eigenvalue weighted by molar-refractivity contribution is 0.597. The van der Waals surface area contributed by atoms with Gasteiger partial charge in [0.25, 0.3) is 0 Å². The third-order valence-electron chi connectivity index (χ3n) is 4.06. The Labute approximate surface area is 144 Å². The van der Waals surface area contributed by atoms with Gasteiger partial charge >= 0.3 is 0 Å². The second kappa shape index (κ2) is 8.84. The van der Waals surface area contributed by atoms with E-state index in [9.17, 15) is 8.42 Å². The molecule has 0 aliphatic heterocycles. The van der Waals surface area contributed by atoms with Gasteiger partial charge in [0, 0.05) is 20.1 Å². The first-order chi connectivity index (χ1) is 11.5. The normalized spacial score (nSPS) is 15.8. The molecule has 1 aliphatic rings. The Morgan fingerprint density at radius 1 is 1.21 bits per heavy atom. The fourth-order valence-corrected chi connectivity index (χ4v) is 3.19.